The van der Waals surface area contributed by atoms with Crippen LogP contribution in [0.4, 0.5) is 0 Å². The molecule has 0 radical (unpaired) electrons. The van der Waals surface area contributed by atoms with Crippen LogP contribution < -0.4 is 0 Å². The van der Waals surface area contributed by atoms with Crippen LogP contribution in [0.25, 0.3) is 11.1 Å². The summed E-state index contributed by atoms with van der Waals surface area (Å²) in [6.45, 7) is 4.46. The van der Waals surface area contributed by atoms with Gasteiger partial charge in [0.25, 0.3) is 0 Å². The van der Waals surface area contributed by atoms with Crippen LogP contribution in [0.2, 0.25) is 0 Å². The van der Waals surface area contributed by atoms with Crippen LogP contribution in [0.5, 0.6) is 5.75 Å². The first-order valence-corrected chi connectivity index (χ1v) is 6.61. The van der Waals surface area contributed by atoms with E-state index >= 15 is 0 Å². The largest absolute Gasteiger partial charge is 0.507 e. The Morgan fingerprint density at radius 1 is 0.944 bits per heavy atom. The lowest BCUT2D eigenvalue weighted by atomic mass is 9.89. The van der Waals surface area contributed by atoms with Crippen molar-refractivity contribution in [2.45, 2.75) is 32.6 Å². The van der Waals surface area contributed by atoms with E-state index in [1.165, 1.54) is 18.4 Å². The fourth-order valence-electron chi connectivity index (χ4n) is 2.46. The van der Waals surface area contributed by atoms with Gasteiger partial charge in [0.15, 0.2) is 0 Å². The van der Waals surface area contributed by atoms with E-state index in [1.807, 2.05) is 24.3 Å². The molecule has 0 aliphatic heterocycles. The molecule has 0 fully saturated rings. The van der Waals surface area contributed by atoms with Gasteiger partial charge in [0.05, 0.1) is 0 Å². The number of hydrogen-bond donors (Lipinski definition) is 1. The lowest BCUT2D eigenvalue weighted by Crippen LogP contribution is -1.96. The third-order valence-corrected chi connectivity index (χ3v) is 3.41. The number of benzene rings is 2. The lowest BCUT2D eigenvalue weighted by molar-refractivity contribution is 0.477. The van der Waals surface area contributed by atoms with Crippen molar-refractivity contribution in [3.8, 4) is 16.9 Å². The maximum absolute atomic E-state index is 10.0. The monoisotopic (exact) mass is 240 g/mol. The van der Waals surface area contributed by atoms with Gasteiger partial charge in [-0.3, -0.25) is 0 Å². The Morgan fingerprint density at radius 2 is 1.56 bits per heavy atom. The standard InChI is InChI=1S/C17H20O/c1-3-8-13(2)14-9-4-5-10-15(14)16-11-6-7-12-17(16)18/h4-7,9-13,18H,3,8H2,1-2H3. The molecule has 0 heterocycles. The second kappa shape index (κ2) is 5.72. The molecule has 0 saturated heterocycles. The average molecular weight is 240 g/mol. The molecule has 1 heteroatoms. The predicted octanol–water partition coefficient (Wildman–Crippen LogP) is 4.96. The van der Waals surface area contributed by atoms with Gasteiger partial charge < -0.3 is 5.11 Å². The first kappa shape index (κ1) is 12.7. The zero-order valence-electron chi connectivity index (χ0n) is 11.1. The second-order valence-corrected chi connectivity index (χ2v) is 4.79. The van der Waals surface area contributed by atoms with Crippen LogP contribution in [0, 0.1) is 0 Å². The SMILES string of the molecule is CCCC(C)c1ccccc1-c1ccccc1O. The summed E-state index contributed by atoms with van der Waals surface area (Å²) in [6.07, 6.45) is 2.35. The van der Waals surface area contributed by atoms with Crippen LogP contribution in [0.1, 0.15) is 38.2 Å². The Labute approximate surface area is 109 Å². The molecular weight excluding hydrogens is 220 g/mol. The van der Waals surface area contributed by atoms with Gasteiger partial charge in [-0.2, -0.15) is 0 Å². The van der Waals surface area contributed by atoms with Crippen molar-refractivity contribution in [1.82, 2.24) is 0 Å². The number of rotatable bonds is 4. The number of para-hydroxylation sites is 1. The number of aromatic hydroxyl groups is 1. The summed E-state index contributed by atoms with van der Waals surface area (Å²) in [7, 11) is 0. The lowest BCUT2D eigenvalue weighted by Gasteiger charge is -2.16. The van der Waals surface area contributed by atoms with Crippen LogP contribution in [-0.4, -0.2) is 5.11 Å². The fourth-order valence-corrected chi connectivity index (χ4v) is 2.46. The van der Waals surface area contributed by atoms with E-state index in [2.05, 4.69) is 32.0 Å². The minimum atomic E-state index is 0.355. The Kier molecular flexibility index (Phi) is 4.03. The maximum atomic E-state index is 10.0. The van der Waals surface area contributed by atoms with Gasteiger partial charge in [0, 0.05) is 5.56 Å². The average Bonchev–Trinajstić information content (AvgIpc) is 2.40. The highest BCUT2D eigenvalue weighted by molar-refractivity contribution is 5.73. The molecule has 0 bridgehead atoms. The normalized spacial score (nSPS) is 12.3. The molecule has 1 unspecified atom stereocenters. The van der Waals surface area contributed by atoms with E-state index in [4.69, 9.17) is 0 Å². The zero-order valence-corrected chi connectivity index (χ0v) is 11.1. The summed E-state index contributed by atoms with van der Waals surface area (Å²) in [6, 6.07) is 15.9. The summed E-state index contributed by atoms with van der Waals surface area (Å²) in [4.78, 5) is 0. The van der Waals surface area contributed by atoms with Crippen molar-refractivity contribution in [3.63, 3.8) is 0 Å². The fraction of sp³-hybridized carbons (Fsp3) is 0.294. The van der Waals surface area contributed by atoms with Crippen molar-refractivity contribution in [2.75, 3.05) is 0 Å². The van der Waals surface area contributed by atoms with Crippen LogP contribution in [-0.2, 0) is 0 Å². The van der Waals surface area contributed by atoms with Crippen molar-refractivity contribution < 1.29 is 5.11 Å². The van der Waals surface area contributed by atoms with E-state index in [0.717, 1.165) is 11.1 Å². The third kappa shape index (κ3) is 2.56. The summed E-state index contributed by atoms with van der Waals surface area (Å²) >= 11 is 0. The first-order chi connectivity index (χ1) is 8.74. The summed E-state index contributed by atoms with van der Waals surface area (Å²) in [5, 5.41) is 10.0. The van der Waals surface area contributed by atoms with Gasteiger partial charge in [-0.05, 0) is 29.5 Å². The molecule has 0 aliphatic carbocycles. The first-order valence-electron chi connectivity index (χ1n) is 6.61. The van der Waals surface area contributed by atoms with Gasteiger partial charge in [0.2, 0.25) is 0 Å². The van der Waals surface area contributed by atoms with Gasteiger partial charge in [-0.25, -0.2) is 0 Å². The number of hydrogen-bond acceptors (Lipinski definition) is 1. The van der Waals surface area contributed by atoms with E-state index in [1.54, 1.807) is 6.07 Å². The number of phenols is 1. The minimum Gasteiger partial charge on any atom is -0.507 e. The highest BCUT2D eigenvalue weighted by Crippen LogP contribution is 2.35. The Balaban J connectivity index is 2.48. The van der Waals surface area contributed by atoms with Crippen molar-refractivity contribution in [3.05, 3.63) is 54.1 Å². The molecule has 94 valence electrons. The third-order valence-electron chi connectivity index (χ3n) is 3.41. The van der Waals surface area contributed by atoms with Gasteiger partial charge in [-0.15, -0.1) is 0 Å². The number of phenolic OH excluding ortho intramolecular Hbond substituents is 1. The molecule has 1 atom stereocenters. The molecule has 2 aromatic rings. The van der Waals surface area contributed by atoms with Crippen LogP contribution >= 0.6 is 0 Å². The summed E-state index contributed by atoms with van der Waals surface area (Å²) in [5.41, 5.74) is 3.40. The topological polar surface area (TPSA) is 20.2 Å². The molecule has 1 nitrogen and oxygen atoms in total. The molecule has 0 saturated carbocycles. The van der Waals surface area contributed by atoms with E-state index < -0.39 is 0 Å². The Bertz CT molecular complexity index is 517. The zero-order chi connectivity index (χ0) is 13.0. The van der Waals surface area contributed by atoms with Gasteiger partial charge >= 0.3 is 0 Å². The van der Waals surface area contributed by atoms with Gasteiger partial charge in [-0.1, -0.05) is 62.7 Å². The smallest absolute Gasteiger partial charge is 0.123 e. The van der Waals surface area contributed by atoms with Crippen molar-refractivity contribution in [1.29, 1.82) is 0 Å². The van der Waals surface area contributed by atoms with Crippen LogP contribution in [0.15, 0.2) is 48.5 Å². The molecule has 0 aliphatic rings. The molecule has 2 rings (SSSR count). The Morgan fingerprint density at radius 3 is 2.22 bits per heavy atom. The molecule has 0 spiro atoms. The molecule has 2 aromatic carbocycles. The molecule has 0 amide bonds. The maximum Gasteiger partial charge on any atom is 0.123 e. The van der Waals surface area contributed by atoms with Crippen molar-refractivity contribution in [2.24, 2.45) is 0 Å². The van der Waals surface area contributed by atoms with Gasteiger partial charge in [0.1, 0.15) is 5.75 Å². The Hall–Kier alpha value is -1.76. The highest BCUT2D eigenvalue weighted by Gasteiger charge is 2.12. The molecule has 18 heavy (non-hydrogen) atoms. The van der Waals surface area contributed by atoms with Crippen LogP contribution in [0.3, 0.4) is 0 Å². The van der Waals surface area contributed by atoms with Crippen molar-refractivity contribution >= 4 is 0 Å². The molecular formula is C17H20O. The van der Waals surface area contributed by atoms with E-state index in [9.17, 15) is 5.11 Å². The quantitative estimate of drug-likeness (QED) is 0.800. The molecule has 1 N–H and O–H groups in total. The second-order valence-electron chi connectivity index (χ2n) is 4.79. The summed E-state index contributed by atoms with van der Waals surface area (Å²) < 4.78 is 0. The predicted molar refractivity (Wildman–Crippen MR) is 76.9 cm³/mol. The molecule has 0 aromatic heterocycles. The van der Waals surface area contributed by atoms with E-state index in [0.29, 0.717) is 11.7 Å². The minimum absolute atomic E-state index is 0.355. The summed E-state index contributed by atoms with van der Waals surface area (Å²) in [5.74, 6) is 0.874. The van der Waals surface area contributed by atoms with E-state index in [-0.39, 0.29) is 0 Å². The highest BCUT2D eigenvalue weighted by atomic mass is 16.3.